The van der Waals surface area contributed by atoms with Crippen molar-refractivity contribution in [3.63, 3.8) is 0 Å². The molecule has 2 aromatic carbocycles. The molecule has 8 heteroatoms. The quantitative estimate of drug-likeness (QED) is 0.393. The van der Waals surface area contributed by atoms with E-state index in [1.54, 1.807) is 30.5 Å². The third-order valence-corrected chi connectivity index (χ3v) is 5.35. The van der Waals surface area contributed by atoms with Crippen LogP contribution in [0.4, 0.5) is 0 Å². The first-order valence-electron chi connectivity index (χ1n) is 9.61. The fraction of sp³-hybridized carbons (Fsp3) is 0.130. The molecule has 0 aliphatic rings. The van der Waals surface area contributed by atoms with Crippen molar-refractivity contribution in [2.24, 2.45) is 12.1 Å². The van der Waals surface area contributed by atoms with Gasteiger partial charge in [-0.25, -0.2) is 10.1 Å². The highest BCUT2D eigenvalue weighted by atomic mass is 35.5. The first-order valence-corrected chi connectivity index (χ1v) is 9.99. The molecule has 0 spiro atoms. The van der Waals surface area contributed by atoms with Gasteiger partial charge in [0.15, 0.2) is 5.69 Å². The SMILES string of the molecule is Cc1cc(/C=N/NC(=O)c2nn(C)c(=O)c3ccccc23)c(C)n1-c1ccc(Cl)cc1. The zero-order chi connectivity index (χ0) is 22.1. The van der Waals surface area contributed by atoms with E-state index in [1.165, 1.54) is 7.05 Å². The average molecular weight is 434 g/mol. The van der Waals surface area contributed by atoms with Gasteiger partial charge in [-0.2, -0.15) is 10.2 Å². The highest BCUT2D eigenvalue weighted by molar-refractivity contribution is 6.30. The summed E-state index contributed by atoms with van der Waals surface area (Å²) in [4.78, 5) is 24.9. The monoisotopic (exact) mass is 433 g/mol. The number of nitrogens with zero attached hydrogens (tertiary/aromatic N) is 4. The molecule has 4 rings (SSSR count). The molecule has 0 bridgehead atoms. The molecule has 0 saturated carbocycles. The molecule has 31 heavy (non-hydrogen) atoms. The number of amides is 1. The van der Waals surface area contributed by atoms with Gasteiger partial charge < -0.3 is 4.57 Å². The van der Waals surface area contributed by atoms with Crippen LogP contribution in [0.3, 0.4) is 0 Å². The van der Waals surface area contributed by atoms with Crippen molar-refractivity contribution in [1.29, 1.82) is 0 Å². The van der Waals surface area contributed by atoms with E-state index in [1.807, 2.05) is 44.2 Å². The predicted molar refractivity (Wildman–Crippen MR) is 122 cm³/mol. The molecule has 0 aliphatic heterocycles. The molecule has 2 heterocycles. The van der Waals surface area contributed by atoms with Gasteiger partial charge in [0, 0.05) is 40.1 Å². The van der Waals surface area contributed by atoms with Gasteiger partial charge in [0.1, 0.15) is 0 Å². The third-order valence-electron chi connectivity index (χ3n) is 5.10. The summed E-state index contributed by atoms with van der Waals surface area (Å²) in [5.74, 6) is -0.491. The lowest BCUT2D eigenvalue weighted by Crippen LogP contribution is -2.27. The van der Waals surface area contributed by atoms with E-state index in [0.717, 1.165) is 27.3 Å². The zero-order valence-corrected chi connectivity index (χ0v) is 18.0. The zero-order valence-electron chi connectivity index (χ0n) is 17.3. The van der Waals surface area contributed by atoms with Crippen molar-refractivity contribution < 1.29 is 4.79 Å². The minimum Gasteiger partial charge on any atom is -0.318 e. The summed E-state index contributed by atoms with van der Waals surface area (Å²) in [6.45, 7) is 3.98. The molecule has 7 nitrogen and oxygen atoms in total. The maximum Gasteiger partial charge on any atom is 0.292 e. The molecule has 0 saturated heterocycles. The Morgan fingerprint density at radius 2 is 1.77 bits per heavy atom. The first-order chi connectivity index (χ1) is 14.9. The molecule has 1 N–H and O–H groups in total. The van der Waals surface area contributed by atoms with Crippen LogP contribution in [0.1, 0.15) is 27.4 Å². The Hall–Kier alpha value is -3.71. The Morgan fingerprint density at radius 1 is 1.10 bits per heavy atom. The number of carbonyl (C=O) groups is 1. The van der Waals surface area contributed by atoms with Gasteiger partial charge >= 0.3 is 0 Å². The fourth-order valence-corrected chi connectivity index (χ4v) is 3.71. The van der Waals surface area contributed by atoms with E-state index < -0.39 is 5.91 Å². The molecule has 0 aliphatic carbocycles. The minimum absolute atomic E-state index is 0.140. The maximum atomic E-state index is 12.7. The Kier molecular flexibility index (Phi) is 5.44. The number of fused-ring (bicyclic) bond motifs is 1. The normalized spacial score (nSPS) is 11.4. The number of rotatable bonds is 4. The van der Waals surface area contributed by atoms with E-state index in [-0.39, 0.29) is 11.3 Å². The van der Waals surface area contributed by atoms with E-state index in [9.17, 15) is 9.59 Å². The van der Waals surface area contributed by atoms with E-state index in [0.29, 0.717) is 15.8 Å². The van der Waals surface area contributed by atoms with E-state index in [4.69, 9.17) is 11.6 Å². The van der Waals surface area contributed by atoms with Crippen LogP contribution in [-0.2, 0) is 7.05 Å². The summed E-state index contributed by atoms with van der Waals surface area (Å²) in [6, 6.07) is 16.4. The molecule has 156 valence electrons. The third kappa shape index (κ3) is 3.87. The summed E-state index contributed by atoms with van der Waals surface area (Å²) in [5.41, 5.74) is 6.25. The molecule has 4 aromatic rings. The van der Waals surface area contributed by atoms with Crippen molar-refractivity contribution >= 4 is 34.5 Å². The van der Waals surface area contributed by atoms with Crippen LogP contribution in [0.5, 0.6) is 0 Å². The second-order valence-corrected chi connectivity index (χ2v) is 7.60. The average Bonchev–Trinajstić information content (AvgIpc) is 3.04. The van der Waals surface area contributed by atoms with Gasteiger partial charge in [-0.1, -0.05) is 29.8 Å². The van der Waals surface area contributed by atoms with Crippen LogP contribution < -0.4 is 11.0 Å². The number of hydrogen-bond donors (Lipinski definition) is 1. The van der Waals surface area contributed by atoms with Crippen LogP contribution in [0.15, 0.2) is 64.5 Å². The molecule has 1 amide bonds. The number of aryl methyl sites for hydroxylation is 2. The fourth-order valence-electron chi connectivity index (χ4n) is 3.59. The number of benzene rings is 2. The van der Waals surface area contributed by atoms with E-state index in [2.05, 4.69) is 20.2 Å². The summed E-state index contributed by atoms with van der Waals surface area (Å²) in [5, 5.41) is 9.82. The van der Waals surface area contributed by atoms with E-state index >= 15 is 0 Å². The van der Waals surface area contributed by atoms with Crippen molar-refractivity contribution in [3.05, 3.63) is 92.6 Å². The Balaban J connectivity index is 1.60. The van der Waals surface area contributed by atoms with Crippen LogP contribution in [-0.4, -0.2) is 26.5 Å². The van der Waals surface area contributed by atoms with Crippen molar-refractivity contribution in [3.8, 4) is 5.69 Å². The molecule has 0 fully saturated rings. The highest BCUT2D eigenvalue weighted by Gasteiger charge is 2.15. The lowest BCUT2D eigenvalue weighted by atomic mass is 10.1. The number of carbonyl (C=O) groups excluding carboxylic acids is 1. The molecule has 0 atom stereocenters. The van der Waals surface area contributed by atoms with Crippen LogP contribution in [0.25, 0.3) is 16.5 Å². The molecule has 2 aromatic heterocycles. The molecular formula is C23H20ClN5O2. The summed E-state index contributed by atoms with van der Waals surface area (Å²) in [7, 11) is 1.51. The second-order valence-electron chi connectivity index (χ2n) is 7.16. The standard InChI is InChI=1S/C23H20ClN5O2/c1-14-12-16(15(2)29(14)18-10-8-17(24)9-11-18)13-25-26-22(30)21-19-6-4-5-7-20(19)23(31)28(3)27-21/h4-13H,1-3H3,(H,26,30)/b25-13+. The number of hydrogen-bond acceptors (Lipinski definition) is 4. The largest absolute Gasteiger partial charge is 0.318 e. The lowest BCUT2D eigenvalue weighted by molar-refractivity contribution is 0.0950. The van der Waals surface area contributed by atoms with Gasteiger partial charge in [0.25, 0.3) is 11.5 Å². The lowest BCUT2D eigenvalue weighted by Gasteiger charge is -2.09. The minimum atomic E-state index is -0.491. The van der Waals surface area contributed by atoms with Crippen molar-refractivity contribution in [2.45, 2.75) is 13.8 Å². The summed E-state index contributed by atoms with van der Waals surface area (Å²) in [6.07, 6.45) is 1.59. The summed E-state index contributed by atoms with van der Waals surface area (Å²) < 4.78 is 3.24. The predicted octanol–water partition coefficient (Wildman–Crippen LogP) is 3.76. The Morgan fingerprint density at radius 3 is 2.48 bits per heavy atom. The van der Waals surface area contributed by atoms with Gasteiger partial charge in [-0.15, -0.1) is 0 Å². The maximum absolute atomic E-state index is 12.7. The van der Waals surface area contributed by atoms with Gasteiger partial charge in [0.2, 0.25) is 0 Å². The topological polar surface area (TPSA) is 81.3 Å². The van der Waals surface area contributed by atoms with Gasteiger partial charge in [-0.05, 0) is 50.2 Å². The molecule has 0 radical (unpaired) electrons. The Labute approximate surface area is 183 Å². The first kappa shape index (κ1) is 20.6. The van der Waals surface area contributed by atoms with Crippen LogP contribution in [0, 0.1) is 13.8 Å². The number of nitrogens with one attached hydrogen (secondary N) is 1. The number of aromatic nitrogens is 3. The number of hydrazone groups is 1. The van der Waals surface area contributed by atoms with Gasteiger partial charge in [0.05, 0.1) is 11.6 Å². The van der Waals surface area contributed by atoms with Crippen LogP contribution >= 0.6 is 11.6 Å². The van der Waals surface area contributed by atoms with Crippen molar-refractivity contribution in [2.75, 3.05) is 0 Å². The highest BCUT2D eigenvalue weighted by Crippen LogP contribution is 2.21. The van der Waals surface area contributed by atoms with Crippen molar-refractivity contribution in [1.82, 2.24) is 19.8 Å². The molecule has 0 unspecified atom stereocenters. The second kappa shape index (κ2) is 8.20. The number of halogens is 1. The molecular weight excluding hydrogens is 414 g/mol. The smallest absolute Gasteiger partial charge is 0.292 e. The summed E-state index contributed by atoms with van der Waals surface area (Å²) >= 11 is 5.99. The van der Waals surface area contributed by atoms with Gasteiger partial charge in [-0.3, -0.25) is 9.59 Å². The van der Waals surface area contributed by atoms with Crippen LogP contribution in [0.2, 0.25) is 5.02 Å². The Bertz CT molecular complexity index is 1380.